The Morgan fingerprint density at radius 2 is 1.89 bits per heavy atom. The molecule has 0 rings (SSSR count). The summed E-state index contributed by atoms with van der Waals surface area (Å²) in [5.74, 6) is 0. The molecule has 1 radical (unpaired) electrons. The molecule has 0 aliphatic rings. The van der Waals surface area contributed by atoms with Crippen LogP contribution in [0.25, 0.3) is 0 Å². The van der Waals surface area contributed by atoms with Crippen LogP contribution in [-0.4, -0.2) is 28.8 Å². The van der Waals surface area contributed by atoms with E-state index in [1.807, 2.05) is 18.7 Å². The highest BCUT2D eigenvalue weighted by atomic mass is 16.3. The number of hydrogen-bond acceptors (Lipinski definition) is 2. The van der Waals surface area contributed by atoms with Crippen LogP contribution in [0.5, 0.6) is 0 Å². The molecule has 0 fully saturated rings. The molecule has 0 heterocycles. The fourth-order valence-corrected chi connectivity index (χ4v) is 0.877. The summed E-state index contributed by atoms with van der Waals surface area (Å²) >= 11 is 0. The minimum absolute atomic E-state index is 0.373. The molecule has 2 heteroatoms. The van der Waals surface area contributed by atoms with Gasteiger partial charge in [-0.05, 0) is 27.7 Å². The van der Waals surface area contributed by atoms with Crippen molar-refractivity contribution < 1.29 is 5.11 Å². The Labute approximate surface area is 57.5 Å². The fraction of sp³-hybridized carbons (Fsp3) is 0.857. The molecule has 1 atom stereocenters. The number of aliphatic hydroxyl groups excluding tert-OH is 1. The molecule has 0 spiro atoms. The van der Waals surface area contributed by atoms with E-state index in [-0.39, 0.29) is 6.23 Å². The van der Waals surface area contributed by atoms with E-state index < -0.39 is 0 Å². The summed E-state index contributed by atoms with van der Waals surface area (Å²) in [5.41, 5.74) is 0. The molecule has 9 heavy (non-hydrogen) atoms. The highest BCUT2D eigenvalue weighted by molar-refractivity contribution is 4.63. The second-order valence-electron chi connectivity index (χ2n) is 2.46. The van der Waals surface area contributed by atoms with Crippen molar-refractivity contribution in [1.82, 2.24) is 4.90 Å². The first-order valence-corrected chi connectivity index (χ1v) is 3.32. The molecule has 0 bridgehead atoms. The molecule has 0 saturated heterocycles. The topological polar surface area (TPSA) is 23.5 Å². The van der Waals surface area contributed by atoms with Gasteiger partial charge in [0.15, 0.2) is 0 Å². The molecular weight excluding hydrogens is 114 g/mol. The Morgan fingerprint density at radius 1 is 1.44 bits per heavy atom. The van der Waals surface area contributed by atoms with Gasteiger partial charge in [0.05, 0.1) is 0 Å². The molecule has 1 N–H and O–H groups in total. The van der Waals surface area contributed by atoms with Crippen molar-refractivity contribution in [2.24, 2.45) is 0 Å². The second-order valence-corrected chi connectivity index (χ2v) is 2.46. The van der Waals surface area contributed by atoms with E-state index in [1.165, 1.54) is 0 Å². The molecule has 0 aliphatic carbocycles. The summed E-state index contributed by atoms with van der Waals surface area (Å²) in [4.78, 5) is 1.90. The van der Waals surface area contributed by atoms with Gasteiger partial charge in [0.2, 0.25) is 0 Å². The van der Waals surface area contributed by atoms with Crippen molar-refractivity contribution in [2.75, 3.05) is 6.54 Å². The molecule has 55 valence electrons. The first kappa shape index (κ1) is 8.92. The Bertz CT molecular complexity index is 63.3. The summed E-state index contributed by atoms with van der Waals surface area (Å²) in [5, 5.41) is 9.07. The molecule has 0 aromatic carbocycles. The second kappa shape index (κ2) is 3.85. The summed E-state index contributed by atoms with van der Waals surface area (Å²) in [6.07, 6.45) is -0.373. The minimum Gasteiger partial charge on any atom is -0.379 e. The maximum Gasteiger partial charge on any atom is 0.104 e. The third-order valence-corrected chi connectivity index (χ3v) is 1.40. The third-order valence-electron chi connectivity index (χ3n) is 1.40. The minimum atomic E-state index is -0.373. The molecule has 2 nitrogen and oxygen atoms in total. The maximum absolute atomic E-state index is 9.07. The molecule has 0 amide bonds. The van der Waals surface area contributed by atoms with Crippen LogP contribution < -0.4 is 0 Å². The Hall–Kier alpha value is -0.0800. The molecule has 0 aromatic rings. The summed E-state index contributed by atoms with van der Waals surface area (Å²) in [7, 11) is 0. The third kappa shape index (κ3) is 2.82. The largest absolute Gasteiger partial charge is 0.379 e. The van der Waals surface area contributed by atoms with Crippen LogP contribution >= 0.6 is 0 Å². The normalized spacial score (nSPS) is 15.0. The van der Waals surface area contributed by atoms with Gasteiger partial charge in [0.25, 0.3) is 0 Å². The molecule has 0 aromatic heterocycles. The fourth-order valence-electron chi connectivity index (χ4n) is 0.877. The zero-order valence-electron chi connectivity index (χ0n) is 6.46. The van der Waals surface area contributed by atoms with Gasteiger partial charge in [-0.3, -0.25) is 4.90 Å². The van der Waals surface area contributed by atoms with Gasteiger partial charge < -0.3 is 5.11 Å². The van der Waals surface area contributed by atoms with Gasteiger partial charge in [-0.2, -0.15) is 0 Å². The van der Waals surface area contributed by atoms with E-state index in [2.05, 4.69) is 6.92 Å². The molecule has 0 aliphatic heterocycles. The molecule has 0 saturated carbocycles. The van der Waals surface area contributed by atoms with Gasteiger partial charge in [-0.15, -0.1) is 0 Å². The Kier molecular flexibility index (Phi) is 3.82. The first-order chi connectivity index (χ1) is 4.09. The van der Waals surface area contributed by atoms with Crippen LogP contribution in [0.15, 0.2) is 0 Å². The van der Waals surface area contributed by atoms with Crippen LogP contribution in [-0.2, 0) is 0 Å². The van der Waals surface area contributed by atoms with Crippen molar-refractivity contribution in [3.05, 3.63) is 6.92 Å². The van der Waals surface area contributed by atoms with Crippen LogP contribution in [0.4, 0.5) is 0 Å². The number of hydrogen-bond donors (Lipinski definition) is 1. The number of aliphatic hydroxyl groups is 1. The van der Waals surface area contributed by atoms with Gasteiger partial charge in [-0.25, -0.2) is 0 Å². The number of rotatable bonds is 3. The van der Waals surface area contributed by atoms with E-state index in [0.29, 0.717) is 12.6 Å². The zero-order valence-corrected chi connectivity index (χ0v) is 6.46. The standard InChI is InChI=1S/C7H16NO/c1-5-8(6(2)3)7(4)9/h6-7,9H,1,5H2,2-4H3. The lowest BCUT2D eigenvalue weighted by Crippen LogP contribution is -2.38. The quantitative estimate of drug-likeness (QED) is 0.573. The molecular formula is C7H16NO. The van der Waals surface area contributed by atoms with E-state index in [1.54, 1.807) is 6.92 Å². The van der Waals surface area contributed by atoms with Crippen molar-refractivity contribution in [2.45, 2.75) is 33.0 Å². The monoisotopic (exact) mass is 130 g/mol. The van der Waals surface area contributed by atoms with Crippen LogP contribution in [0, 0.1) is 6.92 Å². The average Bonchev–Trinajstić information content (AvgIpc) is 1.64. The Balaban J connectivity index is 3.68. The van der Waals surface area contributed by atoms with Crippen molar-refractivity contribution in [3.8, 4) is 0 Å². The first-order valence-electron chi connectivity index (χ1n) is 3.32. The van der Waals surface area contributed by atoms with Gasteiger partial charge >= 0.3 is 0 Å². The summed E-state index contributed by atoms with van der Waals surface area (Å²) < 4.78 is 0. The van der Waals surface area contributed by atoms with E-state index >= 15 is 0 Å². The van der Waals surface area contributed by atoms with Crippen LogP contribution in [0.2, 0.25) is 0 Å². The highest BCUT2D eigenvalue weighted by Gasteiger charge is 2.10. The average molecular weight is 130 g/mol. The predicted molar refractivity (Wildman–Crippen MR) is 38.9 cm³/mol. The zero-order chi connectivity index (χ0) is 7.44. The Morgan fingerprint density at radius 3 is 1.89 bits per heavy atom. The van der Waals surface area contributed by atoms with E-state index in [4.69, 9.17) is 5.11 Å². The van der Waals surface area contributed by atoms with Crippen LogP contribution in [0.1, 0.15) is 20.8 Å². The van der Waals surface area contributed by atoms with Crippen molar-refractivity contribution in [3.63, 3.8) is 0 Å². The predicted octanol–water partition coefficient (Wildman–Crippen LogP) is 0.869. The number of nitrogens with zero attached hydrogens (tertiary/aromatic N) is 1. The van der Waals surface area contributed by atoms with Gasteiger partial charge in [0.1, 0.15) is 6.23 Å². The lowest BCUT2D eigenvalue weighted by atomic mass is 10.3. The van der Waals surface area contributed by atoms with Gasteiger partial charge in [0, 0.05) is 12.6 Å². The van der Waals surface area contributed by atoms with Crippen molar-refractivity contribution >= 4 is 0 Å². The maximum atomic E-state index is 9.07. The lowest BCUT2D eigenvalue weighted by molar-refractivity contribution is 0.00599. The van der Waals surface area contributed by atoms with E-state index in [9.17, 15) is 0 Å². The highest BCUT2D eigenvalue weighted by Crippen LogP contribution is 2.00. The van der Waals surface area contributed by atoms with Crippen LogP contribution in [0.3, 0.4) is 0 Å². The van der Waals surface area contributed by atoms with Gasteiger partial charge in [-0.1, -0.05) is 0 Å². The smallest absolute Gasteiger partial charge is 0.104 e. The lowest BCUT2D eigenvalue weighted by Gasteiger charge is -2.27. The van der Waals surface area contributed by atoms with E-state index in [0.717, 1.165) is 0 Å². The molecule has 1 unspecified atom stereocenters. The summed E-state index contributed by atoms with van der Waals surface area (Å²) in [6, 6.07) is 0.377. The SMILES string of the molecule is [CH2]CN(C(C)C)C(C)O. The van der Waals surface area contributed by atoms with Crippen molar-refractivity contribution in [1.29, 1.82) is 0 Å². The summed E-state index contributed by atoms with van der Waals surface area (Å²) in [6.45, 7) is 10.2.